The second-order valence-corrected chi connectivity index (χ2v) is 7.69. The third kappa shape index (κ3) is 5.11. The Labute approximate surface area is 196 Å². The molecule has 1 aliphatic heterocycles. The minimum absolute atomic E-state index is 0.0874. The van der Waals surface area contributed by atoms with E-state index in [-0.39, 0.29) is 24.8 Å². The average molecular weight is 479 g/mol. The third-order valence-corrected chi connectivity index (χ3v) is 5.48. The summed E-state index contributed by atoms with van der Waals surface area (Å²) in [5.41, 5.74) is 1.34. The highest BCUT2D eigenvalue weighted by atomic mass is 35.5. The molecule has 9 heteroatoms. The van der Waals surface area contributed by atoms with Crippen molar-refractivity contribution in [1.82, 2.24) is 10.2 Å². The zero-order valence-corrected chi connectivity index (χ0v) is 19.5. The molecule has 2 aromatic carbocycles. The lowest BCUT2D eigenvalue weighted by Crippen LogP contribution is -2.49. The molecule has 0 spiro atoms. The van der Waals surface area contributed by atoms with Crippen LogP contribution in [0.3, 0.4) is 0 Å². The van der Waals surface area contributed by atoms with Crippen LogP contribution in [-0.2, 0) is 9.53 Å². The Bertz CT molecular complexity index is 1040. The maximum absolute atomic E-state index is 13.1. The lowest BCUT2D eigenvalue weighted by molar-refractivity contribution is -0.139. The lowest BCUT2D eigenvalue weighted by Gasteiger charge is -2.36. The molecule has 0 aromatic heterocycles. The number of carbonyl (C=O) groups is 2. The van der Waals surface area contributed by atoms with Crippen molar-refractivity contribution in [2.45, 2.75) is 19.9 Å². The van der Waals surface area contributed by atoms with Gasteiger partial charge in [0.2, 0.25) is 0 Å². The molecule has 3 rings (SSSR count). The van der Waals surface area contributed by atoms with Crippen molar-refractivity contribution in [3.05, 3.63) is 69.3 Å². The number of esters is 1. The number of amides is 2. The van der Waals surface area contributed by atoms with Crippen molar-refractivity contribution < 1.29 is 23.8 Å². The van der Waals surface area contributed by atoms with E-state index in [1.54, 1.807) is 63.4 Å². The summed E-state index contributed by atoms with van der Waals surface area (Å²) in [6, 6.07) is 10.9. The van der Waals surface area contributed by atoms with E-state index in [0.29, 0.717) is 39.3 Å². The number of methoxy groups -OCH3 is 1. The number of halogens is 2. The molecule has 1 N–H and O–H groups in total. The number of nitrogens with zero attached hydrogens (tertiary/aromatic N) is 1. The van der Waals surface area contributed by atoms with Gasteiger partial charge in [-0.15, -0.1) is 0 Å². The van der Waals surface area contributed by atoms with E-state index in [4.69, 9.17) is 37.4 Å². The molecule has 0 aliphatic carbocycles. The van der Waals surface area contributed by atoms with E-state index in [2.05, 4.69) is 5.32 Å². The van der Waals surface area contributed by atoms with Crippen LogP contribution in [-0.4, -0.2) is 43.8 Å². The third-order valence-electron chi connectivity index (χ3n) is 4.93. The number of likely N-dealkylation sites (N-methyl/N-ethyl adjacent to an activating group) is 1. The minimum atomic E-state index is -0.743. The van der Waals surface area contributed by atoms with Crippen LogP contribution >= 0.6 is 23.2 Å². The molecular formula is C23H24Cl2N2O5. The van der Waals surface area contributed by atoms with Crippen molar-refractivity contribution in [2.24, 2.45) is 0 Å². The van der Waals surface area contributed by atoms with Crippen LogP contribution in [0.15, 0.2) is 53.7 Å². The highest BCUT2D eigenvalue weighted by Crippen LogP contribution is 2.34. The summed E-state index contributed by atoms with van der Waals surface area (Å²) in [6.07, 6.45) is 0. The van der Waals surface area contributed by atoms with Crippen molar-refractivity contribution in [3.8, 4) is 11.5 Å². The van der Waals surface area contributed by atoms with Crippen LogP contribution in [0.25, 0.3) is 0 Å². The number of benzene rings is 2. The first kappa shape index (κ1) is 23.8. The van der Waals surface area contributed by atoms with E-state index in [1.165, 1.54) is 4.90 Å². The van der Waals surface area contributed by atoms with Gasteiger partial charge in [0.1, 0.15) is 18.1 Å². The van der Waals surface area contributed by atoms with Gasteiger partial charge in [-0.2, -0.15) is 0 Å². The molecule has 0 saturated carbocycles. The Morgan fingerprint density at radius 2 is 1.94 bits per heavy atom. The Balaban J connectivity index is 2.10. The Kier molecular flexibility index (Phi) is 7.88. The number of nitrogens with one attached hydrogen (secondary N) is 1. The maximum atomic E-state index is 13.1. The summed E-state index contributed by atoms with van der Waals surface area (Å²) in [5.74, 6) is 0.394. The highest BCUT2D eigenvalue weighted by Gasteiger charge is 2.38. The summed E-state index contributed by atoms with van der Waals surface area (Å²) in [4.78, 5) is 27.4. The molecular weight excluding hydrogens is 455 g/mol. The molecule has 0 fully saturated rings. The first-order valence-electron chi connectivity index (χ1n) is 10.1. The molecule has 0 radical (unpaired) electrons. The second kappa shape index (κ2) is 10.6. The Morgan fingerprint density at radius 1 is 1.16 bits per heavy atom. The van der Waals surface area contributed by atoms with Gasteiger partial charge in [-0.25, -0.2) is 9.59 Å². The van der Waals surface area contributed by atoms with E-state index < -0.39 is 12.0 Å². The molecule has 7 nitrogen and oxygen atoms in total. The first-order valence-corrected chi connectivity index (χ1v) is 10.8. The van der Waals surface area contributed by atoms with E-state index in [0.717, 1.165) is 0 Å². The fraction of sp³-hybridized carbons (Fsp3) is 0.304. The predicted octanol–water partition coefficient (Wildman–Crippen LogP) is 4.98. The normalized spacial score (nSPS) is 16.0. The van der Waals surface area contributed by atoms with Crippen molar-refractivity contribution in [1.29, 1.82) is 0 Å². The molecule has 2 amide bonds. The quantitative estimate of drug-likeness (QED) is 0.541. The van der Waals surface area contributed by atoms with Gasteiger partial charge in [-0.05, 0) is 43.7 Å². The minimum Gasteiger partial charge on any atom is -0.497 e. The van der Waals surface area contributed by atoms with Crippen molar-refractivity contribution in [2.75, 3.05) is 26.9 Å². The zero-order valence-electron chi connectivity index (χ0n) is 18.0. The van der Waals surface area contributed by atoms with Gasteiger partial charge >= 0.3 is 12.0 Å². The SMILES string of the molecule is CCOC(=O)C1=C(COc2cc(Cl)ccc2Cl)N(CC)C(=O)NC1c1cccc(OC)c1. The molecule has 0 bridgehead atoms. The van der Waals surface area contributed by atoms with Crippen molar-refractivity contribution in [3.63, 3.8) is 0 Å². The number of ether oxygens (including phenoxy) is 3. The summed E-state index contributed by atoms with van der Waals surface area (Å²) >= 11 is 12.3. The van der Waals surface area contributed by atoms with Crippen LogP contribution in [0.4, 0.5) is 4.79 Å². The molecule has 170 valence electrons. The Morgan fingerprint density at radius 3 is 2.62 bits per heavy atom. The van der Waals surface area contributed by atoms with E-state index in [1.807, 2.05) is 0 Å². The second-order valence-electron chi connectivity index (χ2n) is 6.85. The standard InChI is InChI=1S/C23H24Cl2N2O5/c1-4-27-18(13-32-19-12-15(24)9-10-17(19)25)20(22(28)31-5-2)21(26-23(27)29)14-7-6-8-16(11-14)30-3/h6-12,21H,4-5,13H2,1-3H3,(H,26,29). The molecule has 1 unspecified atom stereocenters. The molecule has 0 saturated heterocycles. The predicted molar refractivity (Wildman–Crippen MR) is 122 cm³/mol. The van der Waals surface area contributed by atoms with Gasteiger partial charge in [-0.1, -0.05) is 35.3 Å². The molecule has 32 heavy (non-hydrogen) atoms. The van der Waals surface area contributed by atoms with Gasteiger partial charge in [0.05, 0.1) is 36.1 Å². The molecule has 1 heterocycles. The van der Waals surface area contributed by atoms with Gasteiger partial charge in [0.25, 0.3) is 0 Å². The number of hydrogen-bond acceptors (Lipinski definition) is 5. The molecule has 2 aromatic rings. The van der Waals surface area contributed by atoms with Crippen LogP contribution in [0.2, 0.25) is 10.0 Å². The summed E-state index contributed by atoms with van der Waals surface area (Å²) in [7, 11) is 1.55. The van der Waals surface area contributed by atoms with Gasteiger partial charge in [0.15, 0.2) is 0 Å². The Hall–Kier alpha value is -2.90. The lowest BCUT2D eigenvalue weighted by atomic mass is 9.94. The van der Waals surface area contributed by atoms with Crippen LogP contribution < -0.4 is 14.8 Å². The van der Waals surface area contributed by atoms with Gasteiger partial charge in [0, 0.05) is 17.6 Å². The van der Waals surface area contributed by atoms with Gasteiger partial charge < -0.3 is 19.5 Å². The zero-order chi connectivity index (χ0) is 23.3. The number of urea groups is 1. The van der Waals surface area contributed by atoms with E-state index >= 15 is 0 Å². The number of carbonyl (C=O) groups excluding carboxylic acids is 2. The van der Waals surface area contributed by atoms with Crippen LogP contribution in [0.5, 0.6) is 11.5 Å². The largest absolute Gasteiger partial charge is 0.497 e. The molecule has 1 aliphatic rings. The number of hydrogen-bond donors (Lipinski definition) is 1. The first-order chi connectivity index (χ1) is 15.4. The van der Waals surface area contributed by atoms with Crippen LogP contribution in [0, 0.1) is 0 Å². The summed E-state index contributed by atoms with van der Waals surface area (Å²) in [5, 5.41) is 3.71. The number of rotatable bonds is 8. The fourth-order valence-corrected chi connectivity index (χ4v) is 3.78. The van der Waals surface area contributed by atoms with Crippen LogP contribution in [0.1, 0.15) is 25.5 Å². The summed E-state index contributed by atoms with van der Waals surface area (Å²) < 4.78 is 16.5. The monoisotopic (exact) mass is 478 g/mol. The fourth-order valence-electron chi connectivity index (χ4n) is 3.45. The molecule has 1 atom stereocenters. The van der Waals surface area contributed by atoms with Gasteiger partial charge in [-0.3, -0.25) is 4.90 Å². The average Bonchev–Trinajstić information content (AvgIpc) is 2.79. The van der Waals surface area contributed by atoms with E-state index in [9.17, 15) is 9.59 Å². The van der Waals surface area contributed by atoms with Crippen molar-refractivity contribution >= 4 is 35.2 Å². The topological polar surface area (TPSA) is 77.1 Å². The highest BCUT2D eigenvalue weighted by molar-refractivity contribution is 6.34. The summed E-state index contributed by atoms with van der Waals surface area (Å²) in [6.45, 7) is 3.94. The maximum Gasteiger partial charge on any atom is 0.338 e. The smallest absolute Gasteiger partial charge is 0.338 e.